The molecule has 0 unspecified atom stereocenters. The fourth-order valence-electron chi connectivity index (χ4n) is 2.88. The van der Waals surface area contributed by atoms with Crippen molar-refractivity contribution < 1.29 is 19.2 Å². The lowest BCUT2D eigenvalue weighted by atomic mass is 10.1. The second-order valence-corrected chi connectivity index (χ2v) is 6.11. The number of halogens is 1. The molecule has 0 aliphatic carbocycles. The third-order valence-electron chi connectivity index (χ3n) is 4.32. The maximum atomic E-state index is 13.0. The van der Waals surface area contributed by atoms with Gasteiger partial charge in [0.15, 0.2) is 0 Å². The predicted molar refractivity (Wildman–Crippen MR) is 107 cm³/mol. The first-order valence-corrected chi connectivity index (χ1v) is 8.69. The molecule has 2 aromatic rings. The van der Waals surface area contributed by atoms with Crippen molar-refractivity contribution in [3.05, 3.63) is 58.1 Å². The quantitative estimate of drug-likeness (QED) is 0.604. The number of non-ortho nitro benzene ring substituents is 1. The molecular formula is C19H22ClN3O5. The highest BCUT2D eigenvalue weighted by atomic mass is 35.5. The summed E-state index contributed by atoms with van der Waals surface area (Å²) in [5.74, 6) is 1.20. The molecule has 9 heteroatoms. The molecule has 3 rings (SSSR count). The molecule has 2 aromatic carbocycles. The summed E-state index contributed by atoms with van der Waals surface area (Å²) in [5.41, 5.74) is 0.0373. The lowest BCUT2D eigenvalue weighted by Gasteiger charge is -2.21. The van der Waals surface area contributed by atoms with Crippen LogP contribution in [0.1, 0.15) is 16.8 Å². The largest absolute Gasteiger partial charge is 0.497 e. The molecule has 1 amide bonds. The van der Waals surface area contributed by atoms with E-state index in [2.05, 4.69) is 5.32 Å². The zero-order chi connectivity index (χ0) is 19.2. The van der Waals surface area contributed by atoms with Crippen molar-refractivity contribution in [1.82, 2.24) is 10.2 Å². The Morgan fingerprint density at radius 3 is 2.50 bits per heavy atom. The highest BCUT2D eigenvalue weighted by Gasteiger charge is 2.24. The third-order valence-corrected chi connectivity index (χ3v) is 4.32. The number of methoxy groups -OCH3 is 1. The maximum absolute atomic E-state index is 13.0. The molecule has 0 bridgehead atoms. The van der Waals surface area contributed by atoms with E-state index in [9.17, 15) is 14.9 Å². The third kappa shape index (κ3) is 5.11. The Kier molecular flexibility index (Phi) is 7.60. The molecule has 1 N–H and O–H groups in total. The van der Waals surface area contributed by atoms with Crippen LogP contribution in [0.5, 0.6) is 17.2 Å². The molecule has 1 aliphatic rings. The molecule has 1 fully saturated rings. The smallest absolute Gasteiger partial charge is 0.270 e. The number of hydrogen-bond acceptors (Lipinski definition) is 6. The molecule has 1 heterocycles. The molecular weight excluding hydrogens is 386 g/mol. The first kappa shape index (κ1) is 21.5. The van der Waals surface area contributed by atoms with Crippen molar-refractivity contribution in [3.63, 3.8) is 0 Å². The number of hydrogen-bond donors (Lipinski definition) is 1. The van der Waals surface area contributed by atoms with Crippen LogP contribution in [0.4, 0.5) is 5.69 Å². The van der Waals surface area contributed by atoms with Gasteiger partial charge in [-0.05, 0) is 43.3 Å². The number of amides is 1. The van der Waals surface area contributed by atoms with Gasteiger partial charge in [-0.15, -0.1) is 12.4 Å². The minimum Gasteiger partial charge on any atom is -0.497 e. The zero-order valence-electron chi connectivity index (χ0n) is 15.4. The van der Waals surface area contributed by atoms with Crippen LogP contribution in [0, 0.1) is 10.1 Å². The van der Waals surface area contributed by atoms with Crippen LogP contribution in [0.25, 0.3) is 0 Å². The van der Waals surface area contributed by atoms with Crippen molar-refractivity contribution in [2.45, 2.75) is 6.42 Å². The van der Waals surface area contributed by atoms with Crippen LogP contribution < -0.4 is 14.8 Å². The highest BCUT2D eigenvalue weighted by Crippen LogP contribution is 2.30. The predicted octanol–water partition coefficient (Wildman–Crippen LogP) is 3.25. The van der Waals surface area contributed by atoms with E-state index in [0.29, 0.717) is 31.1 Å². The average Bonchev–Trinajstić information content (AvgIpc) is 2.97. The minimum absolute atomic E-state index is 0. The van der Waals surface area contributed by atoms with Crippen LogP contribution in [0.15, 0.2) is 42.5 Å². The second-order valence-electron chi connectivity index (χ2n) is 6.11. The first-order valence-electron chi connectivity index (χ1n) is 8.69. The summed E-state index contributed by atoms with van der Waals surface area (Å²) in [6.45, 7) is 2.67. The van der Waals surface area contributed by atoms with Gasteiger partial charge in [-0.2, -0.15) is 0 Å². The van der Waals surface area contributed by atoms with Gasteiger partial charge in [0.2, 0.25) is 0 Å². The number of nitrogens with one attached hydrogen (secondary N) is 1. The number of benzene rings is 2. The molecule has 0 radical (unpaired) electrons. The van der Waals surface area contributed by atoms with Crippen LogP contribution in [-0.4, -0.2) is 49.0 Å². The van der Waals surface area contributed by atoms with E-state index in [1.165, 1.54) is 18.2 Å². The van der Waals surface area contributed by atoms with Gasteiger partial charge in [0.05, 0.1) is 17.6 Å². The number of nitrogens with zero attached hydrogens (tertiary/aromatic N) is 2. The van der Waals surface area contributed by atoms with Gasteiger partial charge in [-0.1, -0.05) is 0 Å². The minimum atomic E-state index is -0.516. The van der Waals surface area contributed by atoms with Gasteiger partial charge < -0.3 is 19.7 Å². The van der Waals surface area contributed by atoms with E-state index >= 15 is 0 Å². The van der Waals surface area contributed by atoms with Crippen LogP contribution in [0.2, 0.25) is 0 Å². The van der Waals surface area contributed by atoms with Gasteiger partial charge in [0.1, 0.15) is 17.2 Å². The Morgan fingerprint density at radius 1 is 1.11 bits per heavy atom. The second kappa shape index (κ2) is 9.91. The van der Waals surface area contributed by atoms with E-state index in [1.807, 2.05) is 0 Å². The van der Waals surface area contributed by atoms with Crippen LogP contribution >= 0.6 is 12.4 Å². The molecule has 0 aromatic heterocycles. The summed E-state index contributed by atoms with van der Waals surface area (Å²) in [5, 5.41) is 14.4. The summed E-state index contributed by atoms with van der Waals surface area (Å²) in [7, 11) is 1.57. The Labute approximate surface area is 169 Å². The molecule has 8 nitrogen and oxygen atoms in total. The van der Waals surface area contributed by atoms with E-state index < -0.39 is 4.92 Å². The van der Waals surface area contributed by atoms with Gasteiger partial charge in [0.25, 0.3) is 11.6 Å². The van der Waals surface area contributed by atoms with Gasteiger partial charge >= 0.3 is 0 Å². The Balaban J connectivity index is 0.00000280. The summed E-state index contributed by atoms with van der Waals surface area (Å²) in [4.78, 5) is 25.4. The SMILES string of the molecule is COc1ccc(Oc2ccc([N+](=O)[O-])cc2C(=O)N2CCCNCC2)cc1.Cl. The number of rotatable bonds is 5. The standard InChI is InChI=1S/C19H21N3O5.ClH/c1-26-15-4-6-16(7-5-15)27-18-8-3-14(22(24)25)13-17(18)19(23)21-11-2-9-20-10-12-21;/h3-8,13,20H,2,9-12H2,1H3;1H. The highest BCUT2D eigenvalue weighted by molar-refractivity contribution is 5.97. The molecule has 0 atom stereocenters. The van der Waals surface area contributed by atoms with Crippen molar-refractivity contribution in [3.8, 4) is 17.2 Å². The molecule has 150 valence electrons. The van der Waals surface area contributed by atoms with Gasteiger partial charge in [-0.3, -0.25) is 14.9 Å². The molecule has 1 aliphatic heterocycles. The molecule has 28 heavy (non-hydrogen) atoms. The number of carbonyl (C=O) groups excluding carboxylic acids is 1. The Bertz CT molecular complexity index is 821. The fraction of sp³-hybridized carbons (Fsp3) is 0.316. The zero-order valence-corrected chi connectivity index (χ0v) is 16.2. The lowest BCUT2D eigenvalue weighted by Crippen LogP contribution is -2.34. The molecule has 1 saturated heterocycles. The van der Waals surface area contributed by atoms with E-state index in [0.717, 1.165) is 13.0 Å². The molecule has 0 saturated carbocycles. The van der Waals surface area contributed by atoms with Crippen LogP contribution in [0.3, 0.4) is 0 Å². The number of nitro benzene ring substituents is 1. The monoisotopic (exact) mass is 407 g/mol. The number of carbonyl (C=O) groups is 1. The first-order chi connectivity index (χ1) is 13.1. The van der Waals surface area contributed by atoms with E-state index in [1.54, 1.807) is 36.3 Å². The maximum Gasteiger partial charge on any atom is 0.270 e. The number of nitro groups is 1. The molecule has 0 spiro atoms. The summed E-state index contributed by atoms with van der Waals surface area (Å²) < 4.78 is 11.0. The summed E-state index contributed by atoms with van der Waals surface area (Å²) in [6, 6.07) is 11.0. The van der Waals surface area contributed by atoms with Crippen molar-refractivity contribution in [2.24, 2.45) is 0 Å². The Hall–Kier alpha value is -2.84. The number of ether oxygens (including phenoxy) is 2. The van der Waals surface area contributed by atoms with Crippen molar-refractivity contribution in [2.75, 3.05) is 33.3 Å². The normalized spacial score (nSPS) is 13.8. The van der Waals surface area contributed by atoms with Crippen molar-refractivity contribution in [1.29, 1.82) is 0 Å². The van der Waals surface area contributed by atoms with Crippen molar-refractivity contribution >= 4 is 24.0 Å². The lowest BCUT2D eigenvalue weighted by molar-refractivity contribution is -0.384. The van der Waals surface area contributed by atoms with E-state index in [4.69, 9.17) is 9.47 Å². The fourth-order valence-corrected chi connectivity index (χ4v) is 2.88. The Morgan fingerprint density at radius 2 is 1.82 bits per heavy atom. The van der Waals surface area contributed by atoms with E-state index in [-0.39, 0.29) is 35.3 Å². The van der Waals surface area contributed by atoms with Gasteiger partial charge in [-0.25, -0.2) is 0 Å². The topological polar surface area (TPSA) is 93.9 Å². The average molecular weight is 408 g/mol. The summed E-state index contributed by atoms with van der Waals surface area (Å²) >= 11 is 0. The van der Waals surface area contributed by atoms with Gasteiger partial charge in [0, 0.05) is 31.8 Å². The summed E-state index contributed by atoms with van der Waals surface area (Å²) in [6.07, 6.45) is 0.829. The van der Waals surface area contributed by atoms with Crippen LogP contribution in [-0.2, 0) is 0 Å².